The summed E-state index contributed by atoms with van der Waals surface area (Å²) < 4.78 is 0.882. The van der Waals surface area contributed by atoms with Crippen LogP contribution in [-0.4, -0.2) is 29.2 Å². The van der Waals surface area contributed by atoms with Crippen LogP contribution in [0.5, 0.6) is 0 Å². The van der Waals surface area contributed by atoms with Gasteiger partial charge >= 0.3 is 0 Å². The lowest BCUT2D eigenvalue weighted by Gasteiger charge is -2.13. The van der Waals surface area contributed by atoms with Gasteiger partial charge in [-0.3, -0.25) is 19.3 Å². The summed E-state index contributed by atoms with van der Waals surface area (Å²) in [6.07, 6.45) is 0. The molecule has 0 bridgehead atoms. The van der Waals surface area contributed by atoms with E-state index in [1.54, 1.807) is 24.3 Å². The van der Waals surface area contributed by atoms with E-state index < -0.39 is 17.7 Å². The first kappa shape index (κ1) is 15.7. The standard InChI is InChI=1S/C16H10BrClN2O3/c17-9-1-4-11(5-2-9)19-14(21)8-20-15(22)12-6-3-10(18)7-13(12)16(20)23/h1-7H,8H2,(H,19,21). The normalized spacial score (nSPS) is 13.2. The Balaban J connectivity index is 1.73. The predicted molar refractivity (Wildman–Crippen MR) is 89.6 cm³/mol. The van der Waals surface area contributed by atoms with Crippen molar-refractivity contribution in [2.45, 2.75) is 0 Å². The lowest BCUT2D eigenvalue weighted by molar-refractivity contribution is -0.116. The lowest BCUT2D eigenvalue weighted by Crippen LogP contribution is -2.37. The SMILES string of the molecule is O=C(CN1C(=O)c2ccc(Cl)cc2C1=O)Nc1ccc(Br)cc1. The Morgan fingerprint density at radius 2 is 1.70 bits per heavy atom. The molecule has 5 nitrogen and oxygen atoms in total. The fourth-order valence-corrected chi connectivity index (χ4v) is 2.72. The van der Waals surface area contributed by atoms with E-state index in [9.17, 15) is 14.4 Å². The van der Waals surface area contributed by atoms with Crippen LogP contribution >= 0.6 is 27.5 Å². The van der Waals surface area contributed by atoms with Crippen LogP contribution in [0.3, 0.4) is 0 Å². The van der Waals surface area contributed by atoms with Crippen molar-refractivity contribution in [3.8, 4) is 0 Å². The average Bonchev–Trinajstić information content (AvgIpc) is 2.74. The third kappa shape index (κ3) is 3.13. The van der Waals surface area contributed by atoms with E-state index in [1.165, 1.54) is 18.2 Å². The average molecular weight is 394 g/mol. The van der Waals surface area contributed by atoms with Crippen LogP contribution in [0.1, 0.15) is 20.7 Å². The molecule has 0 fully saturated rings. The monoisotopic (exact) mass is 392 g/mol. The number of anilines is 1. The third-order valence-electron chi connectivity index (χ3n) is 3.36. The summed E-state index contributed by atoms with van der Waals surface area (Å²) in [6, 6.07) is 11.4. The minimum atomic E-state index is -0.515. The summed E-state index contributed by atoms with van der Waals surface area (Å²) in [5, 5.41) is 3.01. The van der Waals surface area contributed by atoms with E-state index >= 15 is 0 Å². The molecule has 0 aromatic heterocycles. The molecular weight excluding hydrogens is 384 g/mol. The van der Waals surface area contributed by atoms with Crippen molar-refractivity contribution in [3.63, 3.8) is 0 Å². The Morgan fingerprint density at radius 3 is 2.39 bits per heavy atom. The van der Waals surface area contributed by atoms with Crippen LogP contribution in [-0.2, 0) is 4.79 Å². The number of imide groups is 1. The highest BCUT2D eigenvalue weighted by molar-refractivity contribution is 9.10. The maximum atomic E-state index is 12.3. The molecule has 0 aliphatic carbocycles. The first-order chi connectivity index (χ1) is 11.0. The molecule has 1 heterocycles. The second kappa shape index (κ2) is 6.14. The first-order valence-electron chi connectivity index (χ1n) is 6.67. The Morgan fingerprint density at radius 1 is 1.04 bits per heavy atom. The van der Waals surface area contributed by atoms with Crippen molar-refractivity contribution in [3.05, 3.63) is 63.1 Å². The van der Waals surface area contributed by atoms with Crippen LogP contribution in [0, 0.1) is 0 Å². The number of halogens is 2. The number of amides is 3. The minimum absolute atomic E-state index is 0.221. The zero-order chi connectivity index (χ0) is 16.6. The quantitative estimate of drug-likeness (QED) is 0.813. The first-order valence-corrected chi connectivity index (χ1v) is 7.84. The number of nitrogens with one attached hydrogen (secondary N) is 1. The number of carbonyl (C=O) groups is 3. The molecule has 2 aromatic carbocycles. The van der Waals surface area contributed by atoms with E-state index in [0.29, 0.717) is 10.7 Å². The van der Waals surface area contributed by atoms with Gasteiger partial charge < -0.3 is 5.32 Å². The summed E-state index contributed by atoms with van der Waals surface area (Å²) in [7, 11) is 0. The Labute approximate surface area is 145 Å². The molecule has 3 rings (SSSR count). The Kier molecular flexibility index (Phi) is 4.19. The molecule has 0 unspecified atom stereocenters. The van der Waals surface area contributed by atoms with E-state index in [4.69, 9.17) is 11.6 Å². The topological polar surface area (TPSA) is 66.5 Å². The predicted octanol–water partition coefficient (Wildman–Crippen LogP) is 3.34. The van der Waals surface area contributed by atoms with Crippen molar-refractivity contribution >= 4 is 50.9 Å². The summed E-state index contributed by atoms with van der Waals surface area (Å²) >= 11 is 9.14. The molecule has 2 aromatic rings. The van der Waals surface area contributed by atoms with E-state index in [-0.39, 0.29) is 17.7 Å². The molecular formula is C16H10BrClN2O3. The van der Waals surface area contributed by atoms with E-state index in [1.807, 2.05) is 0 Å². The van der Waals surface area contributed by atoms with Crippen LogP contribution in [0.4, 0.5) is 5.69 Å². The van der Waals surface area contributed by atoms with Gasteiger partial charge in [0.05, 0.1) is 11.1 Å². The van der Waals surface area contributed by atoms with Crippen molar-refractivity contribution in [2.75, 3.05) is 11.9 Å². The van der Waals surface area contributed by atoms with Crippen molar-refractivity contribution in [2.24, 2.45) is 0 Å². The fourth-order valence-electron chi connectivity index (χ4n) is 2.28. The molecule has 0 saturated carbocycles. The van der Waals surface area contributed by atoms with Gasteiger partial charge in [0.1, 0.15) is 6.54 Å². The van der Waals surface area contributed by atoms with E-state index in [0.717, 1.165) is 9.37 Å². The summed E-state index contributed by atoms with van der Waals surface area (Å²) in [5.74, 6) is -1.46. The van der Waals surface area contributed by atoms with Crippen LogP contribution in [0.25, 0.3) is 0 Å². The number of rotatable bonds is 3. The zero-order valence-electron chi connectivity index (χ0n) is 11.7. The van der Waals surface area contributed by atoms with Gasteiger partial charge in [-0.05, 0) is 42.5 Å². The number of nitrogens with zero attached hydrogens (tertiary/aromatic N) is 1. The molecule has 23 heavy (non-hydrogen) atoms. The van der Waals surface area contributed by atoms with Gasteiger partial charge in [0, 0.05) is 15.2 Å². The number of fused-ring (bicyclic) bond motifs is 1. The van der Waals surface area contributed by atoms with Crippen LogP contribution < -0.4 is 5.32 Å². The molecule has 116 valence electrons. The molecule has 1 aliphatic rings. The van der Waals surface area contributed by atoms with Crippen molar-refractivity contribution in [1.82, 2.24) is 4.90 Å². The molecule has 0 radical (unpaired) electrons. The Bertz CT molecular complexity index is 821. The van der Waals surface area contributed by atoms with Crippen molar-refractivity contribution < 1.29 is 14.4 Å². The van der Waals surface area contributed by atoms with Crippen LogP contribution in [0.2, 0.25) is 5.02 Å². The largest absolute Gasteiger partial charge is 0.325 e. The van der Waals surface area contributed by atoms with Gasteiger partial charge in [-0.2, -0.15) is 0 Å². The minimum Gasteiger partial charge on any atom is -0.325 e. The zero-order valence-corrected chi connectivity index (χ0v) is 14.0. The number of carbonyl (C=O) groups excluding carboxylic acids is 3. The lowest BCUT2D eigenvalue weighted by atomic mass is 10.1. The van der Waals surface area contributed by atoms with Crippen LogP contribution in [0.15, 0.2) is 46.9 Å². The third-order valence-corrected chi connectivity index (χ3v) is 4.13. The van der Waals surface area contributed by atoms with E-state index in [2.05, 4.69) is 21.2 Å². The highest BCUT2D eigenvalue weighted by atomic mass is 79.9. The second-order valence-corrected chi connectivity index (χ2v) is 6.29. The molecule has 3 amide bonds. The maximum absolute atomic E-state index is 12.3. The van der Waals surface area contributed by atoms with Gasteiger partial charge in [-0.15, -0.1) is 0 Å². The second-order valence-electron chi connectivity index (χ2n) is 4.94. The number of hydrogen-bond donors (Lipinski definition) is 1. The van der Waals surface area contributed by atoms with Gasteiger partial charge in [0.15, 0.2) is 0 Å². The Hall–Kier alpha value is -2.18. The van der Waals surface area contributed by atoms with Gasteiger partial charge in [-0.1, -0.05) is 27.5 Å². The smallest absolute Gasteiger partial charge is 0.262 e. The molecule has 0 saturated heterocycles. The molecule has 1 aliphatic heterocycles. The van der Waals surface area contributed by atoms with Gasteiger partial charge in [0.2, 0.25) is 5.91 Å². The number of hydrogen-bond acceptors (Lipinski definition) is 3. The molecule has 0 spiro atoms. The fraction of sp³-hybridized carbons (Fsp3) is 0.0625. The summed E-state index contributed by atoms with van der Waals surface area (Å²) in [6.45, 7) is -0.347. The highest BCUT2D eigenvalue weighted by Crippen LogP contribution is 2.25. The van der Waals surface area contributed by atoms with Gasteiger partial charge in [-0.25, -0.2) is 0 Å². The molecule has 1 N–H and O–H groups in total. The number of benzene rings is 2. The summed E-state index contributed by atoms with van der Waals surface area (Å²) in [4.78, 5) is 37.5. The summed E-state index contributed by atoms with van der Waals surface area (Å²) in [5.41, 5.74) is 1.06. The van der Waals surface area contributed by atoms with Gasteiger partial charge in [0.25, 0.3) is 11.8 Å². The molecule has 0 atom stereocenters. The van der Waals surface area contributed by atoms with Crippen molar-refractivity contribution in [1.29, 1.82) is 0 Å². The highest BCUT2D eigenvalue weighted by Gasteiger charge is 2.36. The maximum Gasteiger partial charge on any atom is 0.262 e. The molecule has 7 heteroatoms.